The maximum absolute atomic E-state index is 12.5. The Bertz CT molecular complexity index is 618. The highest BCUT2D eigenvalue weighted by Gasteiger charge is 2.23. The third-order valence-electron chi connectivity index (χ3n) is 4.01. The molecule has 0 spiro atoms. The third-order valence-corrected chi connectivity index (χ3v) is 4.91. The molecule has 1 aliphatic heterocycles. The zero-order valence-corrected chi connectivity index (χ0v) is 14.2. The van der Waals surface area contributed by atoms with Crippen LogP contribution >= 0.6 is 11.3 Å². The van der Waals surface area contributed by atoms with Crippen LogP contribution in [0, 0.1) is 0 Å². The number of carbonyl (C=O) groups excluding carboxylic acids is 1. The molecule has 2 aromatic heterocycles. The lowest BCUT2D eigenvalue weighted by Gasteiger charge is -2.34. The number of nitrogens with zero attached hydrogens (tertiary/aromatic N) is 6. The van der Waals surface area contributed by atoms with E-state index in [0.717, 1.165) is 57.1 Å². The molecule has 0 saturated carbocycles. The van der Waals surface area contributed by atoms with Gasteiger partial charge in [0, 0.05) is 38.1 Å². The van der Waals surface area contributed by atoms with Crippen molar-refractivity contribution in [2.75, 3.05) is 32.7 Å². The maximum atomic E-state index is 12.5. The summed E-state index contributed by atoms with van der Waals surface area (Å²) in [5.41, 5.74) is 0.606. The molecule has 1 saturated heterocycles. The average Bonchev–Trinajstić information content (AvgIpc) is 3.25. The Morgan fingerprint density at radius 1 is 1.26 bits per heavy atom. The number of aromatic nitrogens is 4. The number of amides is 1. The van der Waals surface area contributed by atoms with Gasteiger partial charge in [0.2, 0.25) is 0 Å². The number of rotatable bonds is 6. The summed E-state index contributed by atoms with van der Waals surface area (Å²) in [7, 11) is 0. The van der Waals surface area contributed by atoms with Gasteiger partial charge in [0.05, 0.1) is 11.6 Å². The van der Waals surface area contributed by atoms with Crippen LogP contribution in [0.2, 0.25) is 0 Å². The summed E-state index contributed by atoms with van der Waals surface area (Å²) in [5, 5.41) is 7.06. The maximum Gasteiger partial charge on any atom is 0.273 e. The van der Waals surface area contributed by atoms with Crippen molar-refractivity contribution in [1.29, 1.82) is 0 Å². The van der Waals surface area contributed by atoms with Crippen molar-refractivity contribution in [2.24, 2.45) is 0 Å². The molecule has 7 nitrogen and oxygen atoms in total. The first-order valence-corrected chi connectivity index (χ1v) is 8.92. The Labute approximate surface area is 140 Å². The topological polar surface area (TPSA) is 67.2 Å². The molecular formula is C15H22N6OS. The van der Waals surface area contributed by atoms with Gasteiger partial charge in [-0.15, -0.1) is 11.3 Å². The minimum atomic E-state index is 0.0690. The molecule has 1 amide bonds. The molecule has 23 heavy (non-hydrogen) atoms. The molecule has 0 radical (unpaired) electrons. The van der Waals surface area contributed by atoms with Crippen LogP contribution in [0.5, 0.6) is 0 Å². The lowest BCUT2D eigenvalue weighted by atomic mass is 10.3. The second-order valence-corrected chi connectivity index (χ2v) is 6.61. The number of thiazole rings is 1. The van der Waals surface area contributed by atoms with E-state index < -0.39 is 0 Å². The van der Waals surface area contributed by atoms with Crippen molar-refractivity contribution >= 4 is 17.2 Å². The number of carbonyl (C=O) groups is 1. The molecule has 0 N–H and O–H groups in total. The predicted octanol–water partition coefficient (Wildman–Crippen LogP) is 1.15. The normalized spacial score (nSPS) is 16.0. The van der Waals surface area contributed by atoms with Gasteiger partial charge >= 0.3 is 0 Å². The molecule has 3 heterocycles. The predicted molar refractivity (Wildman–Crippen MR) is 88.5 cm³/mol. The quantitative estimate of drug-likeness (QED) is 0.793. The van der Waals surface area contributed by atoms with E-state index in [-0.39, 0.29) is 5.91 Å². The summed E-state index contributed by atoms with van der Waals surface area (Å²) >= 11 is 1.59. The second kappa shape index (κ2) is 7.65. The van der Waals surface area contributed by atoms with Crippen molar-refractivity contribution in [1.82, 2.24) is 29.5 Å². The van der Waals surface area contributed by atoms with Gasteiger partial charge in [0.1, 0.15) is 18.3 Å². The van der Waals surface area contributed by atoms with Gasteiger partial charge in [-0.05, 0) is 12.8 Å². The smallest absolute Gasteiger partial charge is 0.273 e. The van der Waals surface area contributed by atoms with E-state index in [1.54, 1.807) is 24.0 Å². The van der Waals surface area contributed by atoms with E-state index in [9.17, 15) is 4.79 Å². The van der Waals surface area contributed by atoms with Gasteiger partial charge in [-0.25, -0.2) is 9.97 Å². The number of hydrogen-bond donors (Lipinski definition) is 0. The molecule has 0 aliphatic carbocycles. The SMILES string of the molecule is CCCc1nc(C(=O)N2CCN(CCn3cncn3)CC2)cs1. The molecular weight excluding hydrogens is 312 g/mol. The Balaban J connectivity index is 1.46. The molecule has 0 atom stereocenters. The summed E-state index contributed by atoms with van der Waals surface area (Å²) in [5.74, 6) is 0.0690. The van der Waals surface area contributed by atoms with Crippen molar-refractivity contribution in [3.63, 3.8) is 0 Å². The Morgan fingerprint density at radius 2 is 2.09 bits per heavy atom. The van der Waals surface area contributed by atoms with Crippen molar-refractivity contribution < 1.29 is 4.79 Å². The molecule has 124 valence electrons. The molecule has 8 heteroatoms. The third kappa shape index (κ3) is 4.14. The largest absolute Gasteiger partial charge is 0.335 e. The van der Waals surface area contributed by atoms with Gasteiger partial charge in [-0.3, -0.25) is 14.4 Å². The average molecular weight is 334 g/mol. The van der Waals surface area contributed by atoms with E-state index >= 15 is 0 Å². The second-order valence-electron chi connectivity index (χ2n) is 5.67. The molecule has 1 fully saturated rings. The summed E-state index contributed by atoms with van der Waals surface area (Å²) in [6.45, 7) is 7.21. The van der Waals surface area contributed by atoms with Crippen LogP contribution in [0.4, 0.5) is 0 Å². The van der Waals surface area contributed by atoms with Gasteiger partial charge in [-0.2, -0.15) is 5.10 Å². The van der Waals surface area contributed by atoms with E-state index in [1.165, 1.54) is 0 Å². The Morgan fingerprint density at radius 3 is 2.78 bits per heavy atom. The summed E-state index contributed by atoms with van der Waals surface area (Å²) in [6.07, 6.45) is 5.30. The lowest BCUT2D eigenvalue weighted by molar-refractivity contribution is 0.0627. The van der Waals surface area contributed by atoms with Crippen LogP contribution in [-0.2, 0) is 13.0 Å². The van der Waals surface area contributed by atoms with Gasteiger partial charge in [0.15, 0.2) is 0 Å². The van der Waals surface area contributed by atoms with Gasteiger partial charge in [0.25, 0.3) is 5.91 Å². The minimum Gasteiger partial charge on any atom is -0.335 e. The first-order chi connectivity index (χ1) is 11.3. The zero-order valence-electron chi connectivity index (χ0n) is 13.4. The first kappa shape index (κ1) is 16.1. The summed E-state index contributed by atoms with van der Waals surface area (Å²) < 4.78 is 1.84. The van der Waals surface area contributed by atoms with Crippen LogP contribution in [0.25, 0.3) is 0 Å². The summed E-state index contributed by atoms with van der Waals surface area (Å²) in [6, 6.07) is 0. The highest BCUT2D eigenvalue weighted by atomic mass is 32.1. The van der Waals surface area contributed by atoms with Crippen molar-refractivity contribution in [3.05, 3.63) is 28.7 Å². The molecule has 0 bridgehead atoms. The number of hydrogen-bond acceptors (Lipinski definition) is 6. The standard InChI is InChI=1S/C15H22N6OS/c1-2-3-14-18-13(10-23-14)15(22)20-7-4-19(5-8-20)6-9-21-12-16-11-17-21/h10-12H,2-9H2,1H3. The van der Waals surface area contributed by atoms with Gasteiger partial charge in [-0.1, -0.05) is 6.92 Å². The lowest BCUT2D eigenvalue weighted by Crippen LogP contribution is -2.49. The highest BCUT2D eigenvalue weighted by molar-refractivity contribution is 7.09. The van der Waals surface area contributed by atoms with E-state index in [2.05, 4.69) is 26.9 Å². The van der Waals surface area contributed by atoms with Crippen molar-refractivity contribution in [2.45, 2.75) is 26.3 Å². The van der Waals surface area contributed by atoms with Crippen LogP contribution in [0.3, 0.4) is 0 Å². The highest BCUT2D eigenvalue weighted by Crippen LogP contribution is 2.14. The van der Waals surface area contributed by atoms with E-state index in [4.69, 9.17) is 0 Å². The summed E-state index contributed by atoms with van der Waals surface area (Å²) in [4.78, 5) is 25.2. The van der Waals surface area contributed by atoms with Crippen LogP contribution in [0.15, 0.2) is 18.0 Å². The molecule has 3 rings (SSSR count). The fourth-order valence-corrected chi connectivity index (χ4v) is 3.54. The molecule has 2 aromatic rings. The fraction of sp³-hybridized carbons (Fsp3) is 0.600. The molecule has 1 aliphatic rings. The number of aryl methyl sites for hydroxylation is 1. The number of piperazine rings is 1. The Hall–Kier alpha value is -1.80. The minimum absolute atomic E-state index is 0.0690. The van der Waals surface area contributed by atoms with E-state index in [1.807, 2.05) is 15.0 Å². The van der Waals surface area contributed by atoms with Crippen LogP contribution in [0.1, 0.15) is 28.8 Å². The van der Waals surface area contributed by atoms with Crippen LogP contribution < -0.4 is 0 Å². The first-order valence-electron chi connectivity index (χ1n) is 8.04. The zero-order chi connectivity index (χ0) is 16.1. The molecule has 0 unspecified atom stereocenters. The van der Waals surface area contributed by atoms with Crippen molar-refractivity contribution in [3.8, 4) is 0 Å². The fourth-order valence-electron chi connectivity index (χ4n) is 2.67. The monoisotopic (exact) mass is 334 g/mol. The van der Waals surface area contributed by atoms with Crippen LogP contribution in [-0.4, -0.2) is 68.2 Å². The van der Waals surface area contributed by atoms with E-state index in [0.29, 0.717) is 5.69 Å². The molecule has 0 aromatic carbocycles. The van der Waals surface area contributed by atoms with Gasteiger partial charge < -0.3 is 4.90 Å². The Kier molecular flexibility index (Phi) is 5.35.